The zero-order valence-electron chi connectivity index (χ0n) is 11.2. The maximum absolute atomic E-state index is 12.0. The van der Waals surface area contributed by atoms with Crippen LogP contribution in [0.15, 0.2) is 0 Å². The largest absolute Gasteiger partial charge is 0.480 e. The summed E-state index contributed by atoms with van der Waals surface area (Å²) in [5.41, 5.74) is 4.58. The van der Waals surface area contributed by atoms with Crippen molar-refractivity contribution in [2.45, 2.75) is 39.7 Å². The number of rotatable bonds is 4. The summed E-state index contributed by atoms with van der Waals surface area (Å²) in [6, 6.07) is -1.53. The number of carbonyl (C=O) groups is 4. The molecule has 106 valence electrons. The lowest BCUT2D eigenvalue weighted by molar-refractivity contribution is -0.166. The second-order valence-electron chi connectivity index (χ2n) is 5.65. The van der Waals surface area contributed by atoms with Crippen LogP contribution in [0.2, 0.25) is 0 Å². The van der Waals surface area contributed by atoms with Gasteiger partial charge in [-0.3, -0.25) is 19.3 Å². The van der Waals surface area contributed by atoms with E-state index in [1.54, 1.807) is 13.8 Å². The van der Waals surface area contributed by atoms with Gasteiger partial charge in [-0.25, -0.2) is 4.79 Å². The molecule has 1 fully saturated rings. The number of likely N-dealkylation sites (tertiary alicyclic amines) is 1. The Bertz CT molecular complexity index is 423. The average Bonchev–Trinajstić information content (AvgIpc) is 2.20. The topological polar surface area (TPSA) is 118 Å². The van der Waals surface area contributed by atoms with Gasteiger partial charge in [0.05, 0.1) is 5.92 Å². The fourth-order valence-corrected chi connectivity index (χ4v) is 2.20. The lowest BCUT2D eigenvalue weighted by Gasteiger charge is -2.38. The highest BCUT2D eigenvalue weighted by Crippen LogP contribution is 2.33. The van der Waals surface area contributed by atoms with E-state index in [1.165, 1.54) is 6.92 Å². The highest BCUT2D eigenvalue weighted by Gasteiger charge is 2.46. The molecule has 0 aliphatic carbocycles. The number of primary amides is 1. The molecule has 1 unspecified atom stereocenters. The maximum Gasteiger partial charge on any atom is 0.327 e. The van der Waals surface area contributed by atoms with Gasteiger partial charge in [0.25, 0.3) is 0 Å². The van der Waals surface area contributed by atoms with Gasteiger partial charge in [0.1, 0.15) is 6.04 Å². The summed E-state index contributed by atoms with van der Waals surface area (Å²) in [7, 11) is 0. The molecular weight excluding hydrogens is 252 g/mol. The minimum atomic E-state index is -1.53. The average molecular weight is 270 g/mol. The van der Waals surface area contributed by atoms with Gasteiger partial charge in [-0.1, -0.05) is 20.8 Å². The molecule has 1 aliphatic rings. The first kappa shape index (κ1) is 15.1. The minimum absolute atomic E-state index is 0.0635. The second kappa shape index (κ2) is 4.99. The minimum Gasteiger partial charge on any atom is -0.480 e. The highest BCUT2D eigenvalue weighted by atomic mass is 16.4. The van der Waals surface area contributed by atoms with Gasteiger partial charge in [-0.05, 0) is 5.41 Å². The van der Waals surface area contributed by atoms with Crippen molar-refractivity contribution in [3.63, 3.8) is 0 Å². The first-order valence-corrected chi connectivity index (χ1v) is 5.94. The van der Waals surface area contributed by atoms with E-state index in [0.717, 1.165) is 0 Å². The predicted octanol–water partition coefficient (Wildman–Crippen LogP) is -0.264. The van der Waals surface area contributed by atoms with Gasteiger partial charge in [-0.2, -0.15) is 0 Å². The first-order valence-electron chi connectivity index (χ1n) is 5.94. The molecule has 0 bridgehead atoms. The van der Waals surface area contributed by atoms with E-state index in [-0.39, 0.29) is 12.8 Å². The number of carboxylic acids is 1. The summed E-state index contributed by atoms with van der Waals surface area (Å²) < 4.78 is 0. The van der Waals surface area contributed by atoms with E-state index < -0.39 is 41.1 Å². The molecule has 7 heteroatoms. The van der Waals surface area contributed by atoms with E-state index in [9.17, 15) is 19.2 Å². The molecule has 2 atom stereocenters. The molecule has 1 rings (SSSR count). The summed E-state index contributed by atoms with van der Waals surface area (Å²) >= 11 is 0. The van der Waals surface area contributed by atoms with Crippen LogP contribution >= 0.6 is 0 Å². The van der Waals surface area contributed by atoms with E-state index in [2.05, 4.69) is 0 Å². The van der Waals surface area contributed by atoms with Crippen molar-refractivity contribution in [1.82, 2.24) is 4.90 Å². The van der Waals surface area contributed by atoms with E-state index in [4.69, 9.17) is 10.8 Å². The van der Waals surface area contributed by atoms with Crippen molar-refractivity contribution in [3.8, 4) is 0 Å². The van der Waals surface area contributed by atoms with Crippen LogP contribution in [0.5, 0.6) is 0 Å². The number of nitrogens with zero attached hydrogens (tertiary/aromatic N) is 1. The lowest BCUT2D eigenvalue weighted by Crippen LogP contribution is -2.57. The Morgan fingerprint density at radius 3 is 2.00 bits per heavy atom. The van der Waals surface area contributed by atoms with Crippen molar-refractivity contribution >= 4 is 23.7 Å². The predicted molar refractivity (Wildman–Crippen MR) is 64.7 cm³/mol. The summed E-state index contributed by atoms with van der Waals surface area (Å²) in [5, 5.41) is 9.16. The SMILES string of the molecule is CC(C(N)=O)[C@@H](C(=O)O)N1C(=O)CC(C)(C)CC1=O. The Balaban J connectivity index is 3.10. The van der Waals surface area contributed by atoms with Crippen molar-refractivity contribution in [2.24, 2.45) is 17.1 Å². The van der Waals surface area contributed by atoms with Crippen molar-refractivity contribution in [2.75, 3.05) is 0 Å². The molecule has 0 aromatic heterocycles. The molecule has 0 saturated carbocycles. The third-order valence-electron chi connectivity index (χ3n) is 3.25. The van der Waals surface area contributed by atoms with Crippen LogP contribution < -0.4 is 5.73 Å². The molecule has 7 nitrogen and oxygen atoms in total. The molecular formula is C12H18N2O5. The molecule has 1 saturated heterocycles. The number of carboxylic acid groups (broad SMARTS) is 1. The van der Waals surface area contributed by atoms with Gasteiger partial charge in [-0.15, -0.1) is 0 Å². The van der Waals surface area contributed by atoms with Crippen molar-refractivity contribution in [1.29, 1.82) is 0 Å². The van der Waals surface area contributed by atoms with Crippen LogP contribution in [0.4, 0.5) is 0 Å². The molecule has 0 aromatic carbocycles. The monoisotopic (exact) mass is 270 g/mol. The molecule has 0 spiro atoms. The zero-order chi connectivity index (χ0) is 15.0. The number of hydrogen-bond donors (Lipinski definition) is 2. The Labute approximate surface area is 110 Å². The van der Waals surface area contributed by atoms with E-state index >= 15 is 0 Å². The number of hydrogen-bond acceptors (Lipinski definition) is 4. The summed E-state index contributed by atoms with van der Waals surface area (Å²) in [5.74, 6) is -4.57. The Morgan fingerprint density at radius 2 is 1.68 bits per heavy atom. The Morgan fingerprint density at radius 1 is 1.26 bits per heavy atom. The number of nitrogens with two attached hydrogens (primary N) is 1. The lowest BCUT2D eigenvalue weighted by atomic mass is 9.80. The normalized spacial score (nSPS) is 21.9. The third kappa shape index (κ3) is 3.10. The van der Waals surface area contributed by atoms with Gasteiger partial charge in [0.15, 0.2) is 0 Å². The van der Waals surface area contributed by atoms with Crippen LogP contribution in [0, 0.1) is 11.3 Å². The Hall–Kier alpha value is -1.92. The smallest absolute Gasteiger partial charge is 0.327 e. The number of amides is 3. The number of carbonyl (C=O) groups excluding carboxylic acids is 3. The number of aliphatic carboxylic acids is 1. The van der Waals surface area contributed by atoms with Crippen LogP contribution in [0.25, 0.3) is 0 Å². The second-order valence-corrected chi connectivity index (χ2v) is 5.65. The summed E-state index contributed by atoms with van der Waals surface area (Å²) in [6.07, 6.45) is 0.127. The number of imide groups is 1. The molecule has 0 aromatic rings. The molecule has 1 aliphatic heterocycles. The van der Waals surface area contributed by atoms with Crippen LogP contribution in [0.1, 0.15) is 33.6 Å². The molecule has 3 N–H and O–H groups in total. The molecule has 0 radical (unpaired) electrons. The van der Waals surface area contributed by atoms with E-state index in [0.29, 0.717) is 4.90 Å². The first-order chi connectivity index (χ1) is 8.57. The zero-order valence-corrected chi connectivity index (χ0v) is 11.2. The fraction of sp³-hybridized carbons (Fsp3) is 0.667. The van der Waals surface area contributed by atoms with Gasteiger partial charge in [0.2, 0.25) is 17.7 Å². The fourth-order valence-electron chi connectivity index (χ4n) is 2.20. The van der Waals surface area contributed by atoms with Crippen LogP contribution in [-0.2, 0) is 19.2 Å². The summed E-state index contributed by atoms with van der Waals surface area (Å²) in [4.78, 5) is 47.0. The molecule has 19 heavy (non-hydrogen) atoms. The number of piperidine rings is 1. The quantitative estimate of drug-likeness (QED) is 0.682. The van der Waals surface area contributed by atoms with Crippen LogP contribution in [-0.4, -0.2) is 39.7 Å². The van der Waals surface area contributed by atoms with Gasteiger partial charge >= 0.3 is 5.97 Å². The standard InChI is InChI=1S/C12H18N2O5/c1-6(10(13)17)9(11(18)19)14-7(15)4-12(2,3)5-8(14)16/h6,9H,4-5H2,1-3H3,(H2,13,17)(H,18,19)/t6?,9-/m0/s1. The van der Waals surface area contributed by atoms with Crippen molar-refractivity contribution < 1.29 is 24.3 Å². The van der Waals surface area contributed by atoms with E-state index in [1.807, 2.05) is 0 Å². The Kier molecular flexibility index (Phi) is 3.97. The van der Waals surface area contributed by atoms with Crippen LogP contribution in [0.3, 0.4) is 0 Å². The molecule has 1 heterocycles. The summed E-state index contributed by atoms with van der Waals surface area (Å²) in [6.45, 7) is 4.81. The highest BCUT2D eigenvalue weighted by molar-refractivity contribution is 6.03. The molecule has 3 amide bonds. The maximum atomic E-state index is 12.0. The third-order valence-corrected chi connectivity index (χ3v) is 3.25. The van der Waals surface area contributed by atoms with Gasteiger partial charge < -0.3 is 10.8 Å². The van der Waals surface area contributed by atoms with Crippen molar-refractivity contribution in [3.05, 3.63) is 0 Å². The van der Waals surface area contributed by atoms with Gasteiger partial charge in [0, 0.05) is 12.8 Å².